The molecule has 0 radical (unpaired) electrons. The predicted molar refractivity (Wildman–Crippen MR) is 51.3 cm³/mol. The Morgan fingerprint density at radius 2 is 2.25 bits per heavy atom. The number of nitrogens with one attached hydrogen (secondary N) is 1. The Hall–Kier alpha value is -0.0800. The molecule has 0 aliphatic carbocycles. The zero-order valence-electron chi connectivity index (χ0n) is 8.47. The first-order chi connectivity index (χ1) is 5.72. The monoisotopic (exact) mass is 171 g/mol. The van der Waals surface area contributed by atoms with Gasteiger partial charge in [0.15, 0.2) is 0 Å². The number of hydrogen-bond donors (Lipinski definition) is 1. The molecule has 3 atom stereocenters. The molecule has 1 rings (SSSR count). The van der Waals surface area contributed by atoms with Crippen molar-refractivity contribution in [2.75, 3.05) is 6.54 Å². The van der Waals surface area contributed by atoms with Gasteiger partial charge in [0.1, 0.15) is 0 Å². The first-order valence-electron chi connectivity index (χ1n) is 5.11. The Labute approximate surface area is 75.7 Å². The number of rotatable bonds is 4. The summed E-state index contributed by atoms with van der Waals surface area (Å²) in [6.07, 6.45) is 4.60. The maximum atomic E-state index is 5.69. The fourth-order valence-electron chi connectivity index (χ4n) is 1.51. The van der Waals surface area contributed by atoms with Crippen molar-refractivity contribution in [1.29, 1.82) is 0 Å². The fraction of sp³-hybridized carbons (Fsp3) is 1.00. The summed E-state index contributed by atoms with van der Waals surface area (Å²) in [5, 5.41) is 3.47. The van der Waals surface area contributed by atoms with Crippen LogP contribution in [0.4, 0.5) is 0 Å². The van der Waals surface area contributed by atoms with E-state index < -0.39 is 0 Å². The Balaban J connectivity index is 2.07. The van der Waals surface area contributed by atoms with Gasteiger partial charge in [-0.3, -0.25) is 0 Å². The molecule has 0 spiro atoms. The maximum Gasteiger partial charge on any atom is 0.0704 e. The molecular weight excluding hydrogens is 150 g/mol. The lowest BCUT2D eigenvalue weighted by molar-refractivity contribution is 0.0546. The van der Waals surface area contributed by atoms with Crippen molar-refractivity contribution in [1.82, 2.24) is 5.32 Å². The molecule has 0 saturated carbocycles. The first kappa shape index (κ1) is 10.0. The van der Waals surface area contributed by atoms with Crippen LogP contribution in [0.25, 0.3) is 0 Å². The molecule has 1 aliphatic heterocycles. The van der Waals surface area contributed by atoms with Crippen molar-refractivity contribution in [2.24, 2.45) is 0 Å². The SMILES string of the molecule is CCC(C)NCC1CCC(C)O1. The Morgan fingerprint density at radius 1 is 1.50 bits per heavy atom. The first-order valence-corrected chi connectivity index (χ1v) is 5.11. The lowest BCUT2D eigenvalue weighted by atomic mass is 10.2. The van der Waals surface area contributed by atoms with Crippen molar-refractivity contribution in [3.63, 3.8) is 0 Å². The molecule has 1 N–H and O–H groups in total. The average molecular weight is 171 g/mol. The third kappa shape index (κ3) is 3.11. The zero-order chi connectivity index (χ0) is 8.97. The standard InChI is InChI=1S/C10H21NO/c1-4-8(2)11-7-10-6-5-9(3)12-10/h8-11H,4-7H2,1-3H3. The van der Waals surface area contributed by atoms with E-state index in [1.807, 2.05) is 0 Å². The van der Waals surface area contributed by atoms with Crippen LogP contribution in [0.15, 0.2) is 0 Å². The minimum absolute atomic E-state index is 0.467. The van der Waals surface area contributed by atoms with Gasteiger partial charge in [-0.15, -0.1) is 0 Å². The summed E-state index contributed by atoms with van der Waals surface area (Å²) in [7, 11) is 0. The van der Waals surface area contributed by atoms with Crippen LogP contribution in [0.1, 0.15) is 40.0 Å². The Bertz CT molecular complexity index is 127. The summed E-state index contributed by atoms with van der Waals surface area (Å²) in [4.78, 5) is 0. The van der Waals surface area contributed by atoms with E-state index in [0.717, 1.165) is 6.54 Å². The van der Waals surface area contributed by atoms with E-state index in [2.05, 4.69) is 26.1 Å². The zero-order valence-corrected chi connectivity index (χ0v) is 8.47. The van der Waals surface area contributed by atoms with E-state index in [-0.39, 0.29) is 0 Å². The van der Waals surface area contributed by atoms with Gasteiger partial charge in [-0.05, 0) is 33.1 Å². The Kier molecular flexibility index (Phi) is 4.02. The second kappa shape index (κ2) is 4.83. The summed E-state index contributed by atoms with van der Waals surface area (Å²) in [5.41, 5.74) is 0. The number of hydrogen-bond acceptors (Lipinski definition) is 2. The highest BCUT2D eigenvalue weighted by molar-refractivity contribution is 4.73. The lowest BCUT2D eigenvalue weighted by Gasteiger charge is -2.15. The average Bonchev–Trinajstić information content (AvgIpc) is 2.47. The predicted octanol–water partition coefficient (Wildman–Crippen LogP) is 1.94. The summed E-state index contributed by atoms with van der Waals surface area (Å²) >= 11 is 0. The van der Waals surface area contributed by atoms with E-state index in [9.17, 15) is 0 Å². The molecule has 0 aromatic carbocycles. The van der Waals surface area contributed by atoms with Gasteiger partial charge in [-0.1, -0.05) is 6.92 Å². The second-order valence-electron chi connectivity index (χ2n) is 3.86. The van der Waals surface area contributed by atoms with Crippen LogP contribution in [0.5, 0.6) is 0 Å². The number of ether oxygens (including phenoxy) is 1. The smallest absolute Gasteiger partial charge is 0.0704 e. The van der Waals surface area contributed by atoms with Crippen LogP contribution in [0, 0.1) is 0 Å². The van der Waals surface area contributed by atoms with Crippen LogP contribution in [-0.4, -0.2) is 24.8 Å². The van der Waals surface area contributed by atoms with Crippen LogP contribution in [-0.2, 0) is 4.74 Å². The summed E-state index contributed by atoms with van der Waals surface area (Å²) in [5.74, 6) is 0. The molecule has 12 heavy (non-hydrogen) atoms. The molecule has 0 aromatic heterocycles. The summed E-state index contributed by atoms with van der Waals surface area (Å²) in [6, 6.07) is 0.629. The molecule has 3 unspecified atom stereocenters. The van der Waals surface area contributed by atoms with Crippen molar-refractivity contribution >= 4 is 0 Å². The molecule has 2 heteroatoms. The van der Waals surface area contributed by atoms with Crippen LogP contribution in [0.3, 0.4) is 0 Å². The molecule has 2 nitrogen and oxygen atoms in total. The molecule has 0 bridgehead atoms. The largest absolute Gasteiger partial charge is 0.374 e. The van der Waals surface area contributed by atoms with Crippen molar-refractivity contribution < 1.29 is 4.74 Å². The minimum atomic E-state index is 0.467. The third-order valence-electron chi connectivity index (χ3n) is 2.63. The van der Waals surface area contributed by atoms with E-state index in [1.165, 1.54) is 19.3 Å². The quantitative estimate of drug-likeness (QED) is 0.698. The highest BCUT2D eigenvalue weighted by Crippen LogP contribution is 2.18. The Morgan fingerprint density at radius 3 is 2.75 bits per heavy atom. The van der Waals surface area contributed by atoms with Crippen molar-refractivity contribution in [3.05, 3.63) is 0 Å². The van der Waals surface area contributed by atoms with Crippen molar-refractivity contribution in [2.45, 2.75) is 58.3 Å². The van der Waals surface area contributed by atoms with E-state index in [1.54, 1.807) is 0 Å². The molecule has 1 heterocycles. The molecule has 0 amide bonds. The molecule has 1 saturated heterocycles. The van der Waals surface area contributed by atoms with Gasteiger partial charge >= 0.3 is 0 Å². The molecular formula is C10H21NO. The van der Waals surface area contributed by atoms with E-state index >= 15 is 0 Å². The molecule has 1 aliphatic rings. The summed E-state index contributed by atoms with van der Waals surface area (Å²) in [6.45, 7) is 7.61. The highest BCUT2D eigenvalue weighted by Gasteiger charge is 2.21. The van der Waals surface area contributed by atoms with Crippen LogP contribution >= 0.6 is 0 Å². The van der Waals surface area contributed by atoms with Crippen LogP contribution < -0.4 is 5.32 Å². The van der Waals surface area contributed by atoms with E-state index in [4.69, 9.17) is 4.74 Å². The second-order valence-corrected chi connectivity index (χ2v) is 3.86. The maximum absolute atomic E-state index is 5.69. The topological polar surface area (TPSA) is 21.3 Å². The fourth-order valence-corrected chi connectivity index (χ4v) is 1.51. The molecule has 0 aromatic rings. The summed E-state index contributed by atoms with van der Waals surface area (Å²) < 4.78 is 5.69. The van der Waals surface area contributed by atoms with Gasteiger partial charge in [0.2, 0.25) is 0 Å². The van der Waals surface area contributed by atoms with Gasteiger partial charge in [-0.25, -0.2) is 0 Å². The molecule has 1 fully saturated rings. The van der Waals surface area contributed by atoms with Gasteiger partial charge in [0, 0.05) is 12.6 Å². The minimum Gasteiger partial charge on any atom is -0.374 e. The third-order valence-corrected chi connectivity index (χ3v) is 2.63. The van der Waals surface area contributed by atoms with Gasteiger partial charge < -0.3 is 10.1 Å². The van der Waals surface area contributed by atoms with E-state index in [0.29, 0.717) is 18.2 Å². The molecule has 72 valence electrons. The highest BCUT2D eigenvalue weighted by atomic mass is 16.5. The lowest BCUT2D eigenvalue weighted by Crippen LogP contribution is -2.33. The normalized spacial score (nSPS) is 32.2. The van der Waals surface area contributed by atoms with Gasteiger partial charge in [0.25, 0.3) is 0 Å². The van der Waals surface area contributed by atoms with Crippen LogP contribution in [0.2, 0.25) is 0 Å². The van der Waals surface area contributed by atoms with Gasteiger partial charge in [0.05, 0.1) is 12.2 Å². The van der Waals surface area contributed by atoms with Crippen molar-refractivity contribution in [3.8, 4) is 0 Å². The van der Waals surface area contributed by atoms with Gasteiger partial charge in [-0.2, -0.15) is 0 Å².